The van der Waals surface area contributed by atoms with Crippen molar-refractivity contribution in [3.8, 4) is 0 Å². The third-order valence-electron chi connectivity index (χ3n) is 1.94. The van der Waals surface area contributed by atoms with Crippen LogP contribution in [0, 0.1) is 5.82 Å². The van der Waals surface area contributed by atoms with Gasteiger partial charge in [-0.05, 0) is 39.0 Å². The van der Waals surface area contributed by atoms with E-state index in [1.165, 1.54) is 12.1 Å². The first kappa shape index (κ1) is 15.8. The van der Waals surface area contributed by atoms with E-state index in [9.17, 15) is 12.8 Å². The van der Waals surface area contributed by atoms with Crippen molar-refractivity contribution in [3.63, 3.8) is 0 Å². The Balaban J connectivity index is 2.98. The summed E-state index contributed by atoms with van der Waals surface area (Å²) >= 11 is 4.71. The predicted octanol–water partition coefficient (Wildman–Crippen LogP) is 1.50. The maximum absolute atomic E-state index is 13.7. The van der Waals surface area contributed by atoms with Crippen molar-refractivity contribution in [3.05, 3.63) is 29.6 Å². The number of hydrogen-bond acceptors (Lipinski definition) is 3. The minimum atomic E-state index is -3.85. The van der Waals surface area contributed by atoms with Gasteiger partial charge in [-0.1, -0.05) is 12.2 Å². The molecule has 4 N–H and O–H groups in total. The molecule has 0 saturated heterocycles. The van der Waals surface area contributed by atoms with E-state index >= 15 is 0 Å². The van der Waals surface area contributed by atoms with E-state index in [0.717, 1.165) is 6.07 Å². The molecule has 0 saturated carbocycles. The molecular formula is C11H16FN3O2S2. The van der Waals surface area contributed by atoms with Crippen LogP contribution in [0.5, 0.6) is 0 Å². The van der Waals surface area contributed by atoms with Crippen molar-refractivity contribution in [2.75, 3.05) is 4.72 Å². The summed E-state index contributed by atoms with van der Waals surface area (Å²) in [7, 11) is -3.85. The fraction of sp³-hybridized carbons (Fsp3) is 0.364. The molecule has 8 heteroatoms. The number of hydrogen-bond donors (Lipinski definition) is 3. The average Bonchev–Trinajstić information content (AvgIpc) is 2.16. The molecular weight excluding hydrogens is 289 g/mol. The van der Waals surface area contributed by atoms with E-state index in [1.54, 1.807) is 20.8 Å². The van der Waals surface area contributed by atoms with Gasteiger partial charge < -0.3 is 5.73 Å². The normalized spacial score (nSPS) is 12.2. The SMILES string of the molecule is CC(C)(C)NS(=O)(=O)Nc1ccc(C(N)=S)cc1F. The third-order valence-corrected chi connectivity index (χ3v) is 3.54. The standard InChI is InChI=1S/C11H16FN3O2S2/c1-11(2,3)15-19(16,17)14-9-5-4-7(10(13)18)6-8(9)12/h4-6,14-15H,1-3H3,(H2,13,18). The Bertz CT molecular complexity index is 594. The van der Waals surface area contributed by atoms with Crippen LogP contribution in [0.3, 0.4) is 0 Å². The van der Waals surface area contributed by atoms with Gasteiger partial charge >= 0.3 is 0 Å². The van der Waals surface area contributed by atoms with Crippen LogP contribution in [0.4, 0.5) is 10.1 Å². The smallest absolute Gasteiger partial charge is 0.299 e. The van der Waals surface area contributed by atoms with Gasteiger partial charge in [-0.3, -0.25) is 4.72 Å². The molecule has 0 fully saturated rings. The Morgan fingerprint density at radius 2 is 1.95 bits per heavy atom. The Morgan fingerprint density at radius 3 is 2.37 bits per heavy atom. The third kappa shape index (κ3) is 5.09. The molecule has 0 aliphatic heterocycles. The summed E-state index contributed by atoms with van der Waals surface area (Å²) in [5.41, 5.74) is 4.85. The fourth-order valence-electron chi connectivity index (χ4n) is 1.32. The maximum Gasteiger partial charge on any atom is 0.299 e. The average molecular weight is 305 g/mol. The van der Waals surface area contributed by atoms with Crippen molar-refractivity contribution in [2.45, 2.75) is 26.3 Å². The van der Waals surface area contributed by atoms with Crippen LogP contribution < -0.4 is 15.2 Å². The Labute approximate surface area is 117 Å². The second-order valence-electron chi connectivity index (χ2n) is 5.02. The van der Waals surface area contributed by atoms with Gasteiger partial charge in [-0.2, -0.15) is 13.1 Å². The molecule has 19 heavy (non-hydrogen) atoms. The second-order valence-corrected chi connectivity index (χ2v) is 6.87. The Hall–Kier alpha value is -1.25. The lowest BCUT2D eigenvalue weighted by atomic mass is 10.1. The number of benzene rings is 1. The summed E-state index contributed by atoms with van der Waals surface area (Å²) in [6.07, 6.45) is 0. The number of thiocarbonyl (C=S) groups is 1. The molecule has 0 spiro atoms. The monoisotopic (exact) mass is 305 g/mol. The summed E-state index contributed by atoms with van der Waals surface area (Å²) in [5.74, 6) is -0.746. The van der Waals surface area contributed by atoms with Gasteiger partial charge in [0, 0.05) is 11.1 Å². The molecule has 0 aliphatic carbocycles. The van der Waals surface area contributed by atoms with Crippen molar-refractivity contribution < 1.29 is 12.8 Å². The van der Waals surface area contributed by atoms with E-state index < -0.39 is 21.6 Å². The first-order chi connectivity index (χ1) is 8.50. The second kappa shape index (κ2) is 5.40. The van der Waals surface area contributed by atoms with E-state index in [1.807, 2.05) is 0 Å². The highest BCUT2D eigenvalue weighted by atomic mass is 32.2. The molecule has 106 valence electrons. The topological polar surface area (TPSA) is 84.2 Å². The largest absolute Gasteiger partial charge is 0.389 e. The zero-order valence-corrected chi connectivity index (χ0v) is 12.5. The number of anilines is 1. The molecule has 0 aliphatic rings. The first-order valence-electron chi connectivity index (χ1n) is 5.41. The van der Waals surface area contributed by atoms with Crippen molar-refractivity contribution in [1.82, 2.24) is 4.72 Å². The van der Waals surface area contributed by atoms with Crippen LogP contribution in [0.2, 0.25) is 0 Å². The highest BCUT2D eigenvalue weighted by Gasteiger charge is 2.20. The van der Waals surface area contributed by atoms with Gasteiger partial charge in [0.2, 0.25) is 0 Å². The van der Waals surface area contributed by atoms with Crippen LogP contribution in [-0.2, 0) is 10.2 Å². The van der Waals surface area contributed by atoms with Crippen LogP contribution in [-0.4, -0.2) is 18.9 Å². The minimum Gasteiger partial charge on any atom is -0.389 e. The number of rotatable bonds is 4. The molecule has 0 unspecified atom stereocenters. The van der Waals surface area contributed by atoms with E-state index in [0.29, 0.717) is 5.56 Å². The maximum atomic E-state index is 13.7. The van der Waals surface area contributed by atoms with Crippen LogP contribution >= 0.6 is 12.2 Å². The number of nitrogens with two attached hydrogens (primary N) is 1. The molecule has 5 nitrogen and oxygen atoms in total. The van der Waals surface area contributed by atoms with E-state index in [2.05, 4.69) is 9.44 Å². The summed E-state index contributed by atoms with van der Waals surface area (Å²) in [6.45, 7) is 5.04. The van der Waals surface area contributed by atoms with E-state index in [4.69, 9.17) is 18.0 Å². The summed E-state index contributed by atoms with van der Waals surface area (Å²) in [4.78, 5) is 0.0427. The van der Waals surface area contributed by atoms with Gasteiger partial charge in [0.25, 0.3) is 10.2 Å². The lowest BCUT2D eigenvalue weighted by Gasteiger charge is -2.21. The van der Waals surface area contributed by atoms with Crippen LogP contribution in [0.25, 0.3) is 0 Å². The Morgan fingerprint density at radius 1 is 1.37 bits per heavy atom. The molecule has 0 aromatic heterocycles. The lowest BCUT2D eigenvalue weighted by molar-refractivity contribution is 0.494. The molecule has 1 rings (SSSR count). The van der Waals surface area contributed by atoms with Crippen molar-refractivity contribution in [1.29, 1.82) is 0 Å². The van der Waals surface area contributed by atoms with Crippen molar-refractivity contribution >= 4 is 33.1 Å². The van der Waals surface area contributed by atoms with Crippen LogP contribution in [0.1, 0.15) is 26.3 Å². The predicted molar refractivity (Wildman–Crippen MR) is 77.7 cm³/mol. The van der Waals surface area contributed by atoms with E-state index in [-0.39, 0.29) is 10.7 Å². The molecule has 1 aromatic carbocycles. The molecule has 1 aromatic rings. The molecule has 0 amide bonds. The quantitative estimate of drug-likeness (QED) is 0.736. The highest BCUT2D eigenvalue weighted by Crippen LogP contribution is 2.17. The minimum absolute atomic E-state index is 0.0427. The summed E-state index contributed by atoms with van der Waals surface area (Å²) in [5, 5.41) is 0. The van der Waals surface area contributed by atoms with Gasteiger partial charge in [-0.15, -0.1) is 0 Å². The zero-order chi connectivity index (χ0) is 14.8. The summed E-state index contributed by atoms with van der Waals surface area (Å²) in [6, 6.07) is 3.79. The molecule has 0 heterocycles. The molecule has 0 bridgehead atoms. The van der Waals surface area contributed by atoms with Gasteiger partial charge in [0.1, 0.15) is 10.8 Å². The van der Waals surface area contributed by atoms with Crippen molar-refractivity contribution in [2.24, 2.45) is 5.73 Å². The van der Waals surface area contributed by atoms with Gasteiger partial charge in [0.05, 0.1) is 5.69 Å². The number of nitrogens with one attached hydrogen (secondary N) is 2. The number of halogens is 1. The Kier molecular flexibility index (Phi) is 4.49. The zero-order valence-electron chi connectivity index (χ0n) is 10.8. The van der Waals surface area contributed by atoms with Gasteiger partial charge in [-0.25, -0.2) is 4.39 Å². The van der Waals surface area contributed by atoms with Gasteiger partial charge in [0.15, 0.2) is 0 Å². The molecule has 0 radical (unpaired) electrons. The molecule has 0 atom stereocenters. The fourth-order valence-corrected chi connectivity index (χ4v) is 2.76. The van der Waals surface area contributed by atoms with Crippen LogP contribution in [0.15, 0.2) is 18.2 Å². The summed E-state index contributed by atoms with van der Waals surface area (Å²) < 4.78 is 41.7. The first-order valence-corrected chi connectivity index (χ1v) is 7.30. The lowest BCUT2D eigenvalue weighted by Crippen LogP contribution is -2.43. The highest BCUT2D eigenvalue weighted by molar-refractivity contribution is 7.90.